The molecular formula is C49H97N2+. The smallest absolute Gasteiger partial charge is 0.247 e. The van der Waals surface area contributed by atoms with Crippen LogP contribution in [0.15, 0.2) is 12.4 Å². The van der Waals surface area contributed by atoms with Gasteiger partial charge in [-0.1, -0.05) is 252 Å². The standard InChI is InChI=1S/C49H96N2/c1-5-8-11-14-17-20-23-24-25-26-27-29-32-35-38-41-44-48(43-40-37-34-31-28-21-18-15-12-9-6-2)49-50-45-46-51(49)47(4)42-39-36-33-30-22-19-16-13-10-7-3/h45-48H,5-44H2,1-4H3/p+1. The highest BCUT2D eigenvalue weighted by Gasteiger charge is 2.25. The van der Waals surface area contributed by atoms with E-state index in [1.807, 2.05) is 0 Å². The van der Waals surface area contributed by atoms with Gasteiger partial charge in [0.05, 0.1) is 12.0 Å². The zero-order chi connectivity index (χ0) is 36.7. The van der Waals surface area contributed by atoms with Gasteiger partial charge in [0.1, 0.15) is 12.4 Å². The lowest BCUT2D eigenvalue weighted by atomic mass is 9.92. The first-order chi connectivity index (χ1) is 25.2. The van der Waals surface area contributed by atoms with Crippen molar-refractivity contribution < 1.29 is 4.57 Å². The van der Waals surface area contributed by atoms with Crippen molar-refractivity contribution in [3.63, 3.8) is 0 Å². The van der Waals surface area contributed by atoms with Crippen LogP contribution in [-0.2, 0) is 0 Å². The second-order valence-corrected chi connectivity index (χ2v) is 17.2. The molecule has 2 atom stereocenters. The Hall–Kier alpha value is -0.790. The number of hydrogen-bond donors (Lipinski definition) is 1. The van der Waals surface area contributed by atoms with E-state index in [0.717, 1.165) is 0 Å². The molecule has 1 aromatic heterocycles. The molecule has 0 fully saturated rings. The van der Waals surface area contributed by atoms with Gasteiger partial charge in [-0.05, 0) is 32.6 Å². The second kappa shape index (κ2) is 38.9. The number of aromatic nitrogens is 2. The Bertz CT molecular complexity index is 783. The maximum atomic E-state index is 3.78. The molecule has 2 unspecified atom stereocenters. The lowest BCUT2D eigenvalue weighted by Gasteiger charge is -2.17. The van der Waals surface area contributed by atoms with Crippen LogP contribution in [0.4, 0.5) is 0 Å². The third-order valence-corrected chi connectivity index (χ3v) is 12.1. The first-order valence-electron chi connectivity index (χ1n) is 24.3. The molecule has 0 aliphatic carbocycles. The predicted molar refractivity (Wildman–Crippen MR) is 230 cm³/mol. The third kappa shape index (κ3) is 30.3. The number of H-pyrrole nitrogens is 1. The lowest BCUT2D eigenvalue weighted by molar-refractivity contribution is -0.727. The Balaban J connectivity index is 2.36. The number of hydrogen-bond acceptors (Lipinski definition) is 0. The average Bonchev–Trinajstić information content (AvgIpc) is 3.63. The zero-order valence-corrected chi connectivity index (χ0v) is 36.0. The van der Waals surface area contributed by atoms with Crippen LogP contribution >= 0.6 is 0 Å². The van der Waals surface area contributed by atoms with Crippen LogP contribution in [-0.4, -0.2) is 4.98 Å². The predicted octanol–water partition coefficient (Wildman–Crippen LogP) is 17.6. The van der Waals surface area contributed by atoms with E-state index in [-0.39, 0.29) is 0 Å². The van der Waals surface area contributed by atoms with Gasteiger partial charge in [-0.2, -0.15) is 0 Å². The van der Waals surface area contributed by atoms with E-state index >= 15 is 0 Å². The number of nitrogens with zero attached hydrogens (tertiary/aromatic N) is 1. The number of rotatable bonds is 42. The van der Waals surface area contributed by atoms with E-state index < -0.39 is 0 Å². The molecule has 51 heavy (non-hydrogen) atoms. The van der Waals surface area contributed by atoms with Crippen LogP contribution in [0.1, 0.15) is 302 Å². The summed E-state index contributed by atoms with van der Waals surface area (Å²) in [7, 11) is 0. The fourth-order valence-corrected chi connectivity index (χ4v) is 8.55. The van der Waals surface area contributed by atoms with Crippen molar-refractivity contribution in [1.82, 2.24) is 4.98 Å². The molecule has 1 rings (SSSR count). The molecule has 0 aliphatic rings. The first kappa shape index (κ1) is 48.2. The summed E-state index contributed by atoms with van der Waals surface area (Å²) in [4.78, 5) is 3.78. The molecular weight excluding hydrogens is 617 g/mol. The molecule has 0 aliphatic heterocycles. The Morgan fingerprint density at radius 2 is 0.627 bits per heavy atom. The van der Waals surface area contributed by atoms with E-state index in [0.29, 0.717) is 12.0 Å². The molecule has 2 heteroatoms. The Kier molecular flexibility index (Phi) is 36.8. The molecule has 302 valence electrons. The van der Waals surface area contributed by atoms with Gasteiger partial charge in [-0.25, -0.2) is 9.55 Å². The van der Waals surface area contributed by atoms with Crippen molar-refractivity contribution in [3.8, 4) is 0 Å². The van der Waals surface area contributed by atoms with E-state index in [2.05, 4.69) is 49.6 Å². The minimum atomic E-state index is 0.617. The van der Waals surface area contributed by atoms with Crippen molar-refractivity contribution in [1.29, 1.82) is 0 Å². The normalized spacial score (nSPS) is 12.9. The minimum absolute atomic E-state index is 0.617. The van der Waals surface area contributed by atoms with Crippen LogP contribution in [0.5, 0.6) is 0 Å². The quantitative estimate of drug-likeness (QED) is 0.0514. The number of unbranched alkanes of at least 4 members (excludes halogenated alkanes) is 34. The highest BCUT2D eigenvalue weighted by molar-refractivity contribution is 4.90. The Labute approximate surface area is 323 Å². The molecule has 1 N–H and O–H groups in total. The highest BCUT2D eigenvalue weighted by Crippen LogP contribution is 2.28. The van der Waals surface area contributed by atoms with Crippen molar-refractivity contribution in [2.45, 2.75) is 296 Å². The van der Waals surface area contributed by atoms with Crippen molar-refractivity contribution in [2.24, 2.45) is 0 Å². The molecule has 1 heterocycles. The average molecular weight is 714 g/mol. The maximum absolute atomic E-state index is 3.78. The summed E-state index contributed by atoms with van der Waals surface area (Å²) in [6.07, 6.45) is 62.1. The summed E-state index contributed by atoms with van der Waals surface area (Å²) in [6.45, 7) is 9.44. The Morgan fingerprint density at radius 3 is 0.922 bits per heavy atom. The summed E-state index contributed by atoms with van der Waals surface area (Å²) < 4.78 is 2.66. The van der Waals surface area contributed by atoms with Gasteiger partial charge in [-0.3, -0.25) is 0 Å². The lowest BCUT2D eigenvalue weighted by Crippen LogP contribution is -2.41. The molecule has 0 aromatic carbocycles. The number of imidazole rings is 1. The summed E-state index contributed by atoms with van der Waals surface area (Å²) in [6, 6.07) is 0.617. The number of nitrogens with one attached hydrogen (secondary N) is 1. The van der Waals surface area contributed by atoms with Gasteiger partial charge in [0, 0.05) is 0 Å². The van der Waals surface area contributed by atoms with Gasteiger partial charge in [0.15, 0.2) is 0 Å². The summed E-state index contributed by atoms with van der Waals surface area (Å²) >= 11 is 0. The summed E-state index contributed by atoms with van der Waals surface area (Å²) in [5, 5.41) is 0. The van der Waals surface area contributed by atoms with Crippen molar-refractivity contribution in [2.75, 3.05) is 0 Å². The van der Waals surface area contributed by atoms with Crippen LogP contribution < -0.4 is 4.57 Å². The van der Waals surface area contributed by atoms with E-state index in [9.17, 15) is 0 Å². The van der Waals surface area contributed by atoms with Gasteiger partial charge in [-0.15, -0.1) is 0 Å². The van der Waals surface area contributed by atoms with Crippen molar-refractivity contribution >= 4 is 0 Å². The van der Waals surface area contributed by atoms with Gasteiger partial charge < -0.3 is 0 Å². The Morgan fingerprint density at radius 1 is 0.373 bits per heavy atom. The van der Waals surface area contributed by atoms with Crippen molar-refractivity contribution in [3.05, 3.63) is 18.2 Å². The first-order valence-corrected chi connectivity index (χ1v) is 24.3. The van der Waals surface area contributed by atoms with Gasteiger partial charge in [0.2, 0.25) is 0 Å². The van der Waals surface area contributed by atoms with Crippen LogP contribution in [0, 0.1) is 0 Å². The van der Waals surface area contributed by atoms with E-state index in [1.165, 1.54) is 257 Å². The monoisotopic (exact) mass is 714 g/mol. The van der Waals surface area contributed by atoms with E-state index in [4.69, 9.17) is 0 Å². The largest absolute Gasteiger partial charge is 0.257 e. The fourth-order valence-electron chi connectivity index (χ4n) is 8.55. The molecule has 0 radical (unpaired) electrons. The molecule has 2 nitrogen and oxygen atoms in total. The molecule has 0 saturated heterocycles. The van der Waals surface area contributed by atoms with Crippen LogP contribution in [0.2, 0.25) is 0 Å². The summed E-state index contributed by atoms with van der Waals surface area (Å²) in [5.41, 5.74) is 0. The van der Waals surface area contributed by atoms with Gasteiger partial charge >= 0.3 is 0 Å². The zero-order valence-electron chi connectivity index (χ0n) is 36.0. The summed E-state index contributed by atoms with van der Waals surface area (Å²) in [5.74, 6) is 2.25. The minimum Gasteiger partial charge on any atom is -0.247 e. The third-order valence-electron chi connectivity index (χ3n) is 12.1. The van der Waals surface area contributed by atoms with Crippen LogP contribution in [0.25, 0.3) is 0 Å². The van der Waals surface area contributed by atoms with Crippen LogP contribution in [0.3, 0.4) is 0 Å². The fraction of sp³-hybridized carbons (Fsp3) is 0.939. The molecule has 0 amide bonds. The molecule has 0 spiro atoms. The SMILES string of the molecule is CCCCCCCCCCCCCCCCCCC(CCCCCCCCCCCCC)c1[nH]cc[n+]1C(C)CCCCCCCCCCCC. The highest BCUT2D eigenvalue weighted by atomic mass is 15.1. The maximum Gasteiger partial charge on any atom is 0.257 e. The molecule has 1 aromatic rings. The molecule has 0 saturated carbocycles. The van der Waals surface area contributed by atoms with Gasteiger partial charge in [0.25, 0.3) is 5.82 Å². The second-order valence-electron chi connectivity index (χ2n) is 17.2. The topological polar surface area (TPSA) is 19.7 Å². The molecule has 0 bridgehead atoms. The van der Waals surface area contributed by atoms with E-state index in [1.54, 1.807) is 5.82 Å². The number of aromatic amines is 1.